The van der Waals surface area contributed by atoms with Gasteiger partial charge in [0.25, 0.3) is 0 Å². The van der Waals surface area contributed by atoms with Crippen LogP contribution >= 0.6 is 15.9 Å². The predicted molar refractivity (Wildman–Crippen MR) is 54.7 cm³/mol. The van der Waals surface area contributed by atoms with Crippen molar-refractivity contribution in [1.29, 1.82) is 0 Å². The Morgan fingerprint density at radius 1 is 1.38 bits per heavy atom. The highest BCUT2D eigenvalue weighted by atomic mass is 79.9. The van der Waals surface area contributed by atoms with Gasteiger partial charge in [0.05, 0.1) is 0 Å². The second-order valence-electron chi connectivity index (χ2n) is 3.35. The van der Waals surface area contributed by atoms with E-state index < -0.39 is 35.3 Å². The number of alkyl halides is 2. The molecule has 1 fully saturated rings. The van der Waals surface area contributed by atoms with Crippen molar-refractivity contribution in [3.63, 3.8) is 0 Å². The summed E-state index contributed by atoms with van der Waals surface area (Å²) in [6.07, 6.45) is -3.32. The molecule has 0 N–H and O–H groups in total. The van der Waals surface area contributed by atoms with Crippen LogP contribution in [0.3, 0.4) is 0 Å². The molecule has 1 heterocycles. The molecule has 0 aromatic rings. The normalized spacial score (nSPS) is 33.5. The highest BCUT2D eigenvalue weighted by Crippen LogP contribution is 2.30. The smallest absolute Gasteiger partial charge is 0.303 e. The van der Waals surface area contributed by atoms with Gasteiger partial charge in [0.15, 0.2) is 12.3 Å². The van der Waals surface area contributed by atoms with Gasteiger partial charge in [-0.1, -0.05) is 15.9 Å². The van der Waals surface area contributed by atoms with Crippen LogP contribution in [0.25, 0.3) is 0 Å². The highest BCUT2D eigenvalue weighted by molar-refractivity contribution is 9.09. The Hall–Kier alpha value is -0.690. The molecule has 0 saturated carbocycles. The Balaban J connectivity index is 2.59. The molecular formula is C9H12BrFO5. The number of rotatable bonds is 3. The maximum Gasteiger partial charge on any atom is 0.303 e. The maximum absolute atomic E-state index is 13.5. The van der Waals surface area contributed by atoms with Crippen LogP contribution in [-0.4, -0.2) is 41.9 Å². The Bertz CT molecular complexity index is 285. The number of ether oxygens (including phenoxy) is 3. The van der Waals surface area contributed by atoms with Gasteiger partial charge in [0, 0.05) is 13.8 Å². The summed E-state index contributed by atoms with van der Waals surface area (Å²) in [6.45, 7) is 2.27. The average Bonchev–Trinajstić information content (AvgIpc) is 2.42. The third-order valence-electron chi connectivity index (χ3n) is 1.99. The van der Waals surface area contributed by atoms with Crippen LogP contribution in [0.4, 0.5) is 4.39 Å². The van der Waals surface area contributed by atoms with Crippen LogP contribution < -0.4 is 0 Å². The standard InChI is InChI=1S/C9H12BrFO5/c1-4(12)14-3-6-8(15-5(2)13)7(11)9(10)16-6/h6-9H,3H2,1-2H3/t6-,7+,8-,9?/m0/s1. The van der Waals surface area contributed by atoms with Crippen molar-refractivity contribution < 1.29 is 28.2 Å². The molecule has 1 unspecified atom stereocenters. The zero-order valence-electron chi connectivity index (χ0n) is 8.81. The number of esters is 2. The second-order valence-corrected chi connectivity index (χ2v) is 4.25. The van der Waals surface area contributed by atoms with Gasteiger partial charge in [0.1, 0.15) is 17.7 Å². The first-order valence-corrected chi connectivity index (χ1v) is 5.57. The molecule has 7 heteroatoms. The van der Waals surface area contributed by atoms with Gasteiger partial charge in [0.2, 0.25) is 0 Å². The topological polar surface area (TPSA) is 61.8 Å². The predicted octanol–water partition coefficient (Wildman–Crippen LogP) is 0.939. The molecule has 4 atom stereocenters. The second kappa shape index (κ2) is 5.58. The van der Waals surface area contributed by atoms with Gasteiger partial charge in [-0.05, 0) is 0 Å². The van der Waals surface area contributed by atoms with Gasteiger partial charge >= 0.3 is 11.9 Å². The van der Waals surface area contributed by atoms with Crippen LogP contribution in [-0.2, 0) is 23.8 Å². The zero-order chi connectivity index (χ0) is 12.3. The van der Waals surface area contributed by atoms with E-state index in [1.165, 1.54) is 13.8 Å². The van der Waals surface area contributed by atoms with Crippen molar-refractivity contribution in [1.82, 2.24) is 0 Å². The fourth-order valence-electron chi connectivity index (χ4n) is 1.34. The molecule has 1 aliphatic heterocycles. The third-order valence-corrected chi connectivity index (χ3v) is 2.71. The van der Waals surface area contributed by atoms with Crippen LogP contribution in [0, 0.1) is 0 Å². The van der Waals surface area contributed by atoms with Crippen LogP contribution in [0.5, 0.6) is 0 Å². The van der Waals surface area contributed by atoms with E-state index in [0.29, 0.717) is 0 Å². The number of hydrogen-bond donors (Lipinski definition) is 0. The summed E-state index contributed by atoms with van der Waals surface area (Å²) in [6, 6.07) is 0. The van der Waals surface area contributed by atoms with E-state index in [9.17, 15) is 14.0 Å². The van der Waals surface area contributed by atoms with Crippen molar-refractivity contribution in [3.8, 4) is 0 Å². The Kier molecular flexibility index (Phi) is 4.67. The Labute approximate surface area is 100 Å². The van der Waals surface area contributed by atoms with E-state index in [0.717, 1.165) is 0 Å². The Morgan fingerprint density at radius 2 is 2.00 bits per heavy atom. The van der Waals surface area contributed by atoms with Crippen molar-refractivity contribution in [2.45, 2.75) is 37.2 Å². The van der Waals surface area contributed by atoms with E-state index in [2.05, 4.69) is 15.9 Å². The number of carbonyl (C=O) groups is 2. The van der Waals surface area contributed by atoms with E-state index in [-0.39, 0.29) is 6.61 Å². The van der Waals surface area contributed by atoms with Crippen molar-refractivity contribution in [3.05, 3.63) is 0 Å². The lowest BCUT2D eigenvalue weighted by molar-refractivity contribution is -0.155. The fraction of sp³-hybridized carbons (Fsp3) is 0.778. The fourth-order valence-corrected chi connectivity index (χ4v) is 1.92. The van der Waals surface area contributed by atoms with Gasteiger partial charge < -0.3 is 14.2 Å². The zero-order valence-corrected chi connectivity index (χ0v) is 10.4. The minimum absolute atomic E-state index is 0.143. The SMILES string of the molecule is CC(=O)OC[C@@H]1OC(Br)[C@H](F)[C@H]1OC(C)=O. The molecule has 1 saturated heterocycles. The van der Waals surface area contributed by atoms with E-state index >= 15 is 0 Å². The molecule has 0 amide bonds. The molecule has 0 aromatic carbocycles. The summed E-state index contributed by atoms with van der Waals surface area (Å²) >= 11 is 2.95. The van der Waals surface area contributed by atoms with E-state index in [1.54, 1.807) is 0 Å². The summed E-state index contributed by atoms with van der Waals surface area (Å²) in [5.74, 6) is -1.11. The van der Waals surface area contributed by atoms with Crippen LogP contribution in [0.1, 0.15) is 13.8 Å². The summed E-state index contributed by atoms with van der Waals surface area (Å²) in [5, 5.41) is -0.864. The molecule has 92 valence electrons. The summed E-state index contributed by atoms with van der Waals surface area (Å²) in [7, 11) is 0. The van der Waals surface area contributed by atoms with Gasteiger partial charge in [-0.2, -0.15) is 0 Å². The average molecular weight is 299 g/mol. The van der Waals surface area contributed by atoms with Crippen molar-refractivity contribution in [2.24, 2.45) is 0 Å². The number of halogens is 2. The highest BCUT2D eigenvalue weighted by Gasteiger charge is 2.46. The first-order chi connectivity index (χ1) is 7.41. The van der Waals surface area contributed by atoms with E-state index in [4.69, 9.17) is 14.2 Å². The van der Waals surface area contributed by atoms with Crippen LogP contribution in [0.2, 0.25) is 0 Å². The largest absolute Gasteiger partial charge is 0.463 e. The lowest BCUT2D eigenvalue weighted by Crippen LogP contribution is -2.36. The molecule has 16 heavy (non-hydrogen) atoms. The number of hydrogen-bond acceptors (Lipinski definition) is 5. The first-order valence-electron chi connectivity index (χ1n) is 4.66. The van der Waals surface area contributed by atoms with Crippen molar-refractivity contribution >= 4 is 27.9 Å². The Morgan fingerprint density at radius 3 is 2.50 bits per heavy atom. The molecular weight excluding hydrogens is 287 g/mol. The third kappa shape index (κ3) is 3.41. The molecule has 1 aliphatic rings. The van der Waals surface area contributed by atoms with Gasteiger partial charge in [-0.25, -0.2) is 4.39 Å². The molecule has 1 rings (SSSR count). The lowest BCUT2D eigenvalue weighted by atomic mass is 10.2. The summed E-state index contributed by atoms with van der Waals surface area (Å²) < 4.78 is 28.1. The summed E-state index contributed by atoms with van der Waals surface area (Å²) in [4.78, 5) is 21.4. The minimum Gasteiger partial charge on any atom is -0.463 e. The summed E-state index contributed by atoms with van der Waals surface area (Å²) in [5.41, 5.74) is 0. The van der Waals surface area contributed by atoms with Gasteiger partial charge in [-0.3, -0.25) is 9.59 Å². The van der Waals surface area contributed by atoms with Crippen LogP contribution in [0.15, 0.2) is 0 Å². The molecule has 0 radical (unpaired) electrons. The maximum atomic E-state index is 13.5. The molecule has 0 spiro atoms. The number of carbonyl (C=O) groups excluding carboxylic acids is 2. The lowest BCUT2D eigenvalue weighted by Gasteiger charge is -2.18. The van der Waals surface area contributed by atoms with Crippen molar-refractivity contribution in [2.75, 3.05) is 6.61 Å². The molecule has 5 nitrogen and oxygen atoms in total. The first kappa shape index (κ1) is 13.4. The molecule has 0 bridgehead atoms. The molecule has 0 aromatic heterocycles. The van der Waals surface area contributed by atoms with E-state index in [1.807, 2.05) is 0 Å². The monoisotopic (exact) mass is 298 g/mol. The minimum atomic E-state index is -1.48. The molecule has 0 aliphatic carbocycles. The van der Waals surface area contributed by atoms with Gasteiger partial charge in [-0.15, -0.1) is 0 Å². The quantitative estimate of drug-likeness (QED) is 0.573.